The highest BCUT2D eigenvalue weighted by atomic mass is 32.2. The molecule has 0 fully saturated rings. The maximum absolute atomic E-state index is 11.3. The smallest absolute Gasteiger partial charge is 0.209 e. The van der Waals surface area contributed by atoms with Crippen LogP contribution in [0.25, 0.3) is 0 Å². The molecule has 8 heteroatoms. The lowest BCUT2D eigenvalue weighted by atomic mass is 10.1. The normalized spacial score (nSPS) is 13.3. The average Bonchev–Trinajstić information content (AvgIpc) is 2.32. The zero-order valence-corrected chi connectivity index (χ0v) is 15.5. The first-order valence-electron chi connectivity index (χ1n) is 7.20. The molecule has 21 heavy (non-hydrogen) atoms. The van der Waals surface area contributed by atoms with Gasteiger partial charge in [-0.3, -0.25) is 4.99 Å². The average molecular weight is 339 g/mol. The van der Waals surface area contributed by atoms with Gasteiger partial charge in [-0.2, -0.15) is 11.8 Å². The van der Waals surface area contributed by atoms with Crippen molar-refractivity contribution in [3.8, 4) is 0 Å². The second-order valence-corrected chi connectivity index (χ2v) is 8.31. The fraction of sp³-hybridized carbons (Fsp3) is 0.923. The van der Waals surface area contributed by atoms with Crippen molar-refractivity contribution < 1.29 is 8.42 Å². The van der Waals surface area contributed by atoms with Gasteiger partial charge in [0.15, 0.2) is 5.96 Å². The van der Waals surface area contributed by atoms with Crippen LogP contribution >= 0.6 is 11.8 Å². The number of hydrogen-bond donors (Lipinski definition) is 3. The molecule has 0 unspecified atom stereocenters. The van der Waals surface area contributed by atoms with Gasteiger partial charge < -0.3 is 10.6 Å². The first kappa shape index (κ1) is 20.5. The Hall–Kier alpha value is -0.470. The summed E-state index contributed by atoms with van der Waals surface area (Å²) in [4.78, 5) is 4.45. The van der Waals surface area contributed by atoms with E-state index in [0.717, 1.165) is 31.7 Å². The Morgan fingerprint density at radius 2 is 1.90 bits per heavy atom. The predicted octanol–water partition coefficient (Wildman–Crippen LogP) is 1.01. The van der Waals surface area contributed by atoms with E-state index < -0.39 is 15.6 Å². The van der Waals surface area contributed by atoms with Crippen LogP contribution in [0.1, 0.15) is 33.6 Å². The minimum atomic E-state index is -3.23. The van der Waals surface area contributed by atoms with E-state index in [1.165, 1.54) is 12.2 Å². The molecule has 0 aliphatic heterocycles. The van der Waals surface area contributed by atoms with E-state index in [1.54, 1.807) is 0 Å². The minimum absolute atomic E-state index is 0.375. The summed E-state index contributed by atoms with van der Waals surface area (Å²) in [6.07, 6.45) is 5.54. The van der Waals surface area contributed by atoms with Crippen LogP contribution in [0.2, 0.25) is 0 Å². The lowest BCUT2D eigenvalue weighted by Gasteiger charge is -2.23. The fourth-order valence-corrected chi connectivity index (χ4v) is 3.29. The first-order valence-corrected chi connectivity index (χ1v) is 10.5. The Bertz CT molecular complexity index is 408. The van der Waals surface area contributed by atoms with Crippen LogP contribution in [0.4, 0.5) is 0 Å². The quantitative estimate of drug-likeness (QED) is 0.315. The summed E-state index contributed by atoms with van der Waals surface area (Å²) in [6.45, 7) is 7.66. The molecule has 0 rings (SSSR count). The van der Waals surface area contributed by atoms with E-state index in [1.807, 2.05) is 32.5 Å². The third-order valence-electron chi connectivity index (χ3n) is 2.51. The largest absolute Gasteiger partial charge is 0.357 e. The van der Waals surface area contributed by atoms with Crippen molar-refractivity contribution in [3.05, 3.63) is 0 Å². The fourth-order valence-electron chi connectivity index (χ4n) is 1.73. The molecule has 0 aromatic heterocycles. The second kappa shape index (κ2) is 10.3. The first-order chi connectivity index (χ1) is 9.70. The molecule has 0 saturated heterocycles. The van der Waals surface area contributed by atoms with Crippen LogP contribution in [0.3, 0.4) is 0 Å². The summed E-state index contributed by atoms with van der Waals surface area (Å²) in [7, 11) is -3.23. The SMILES string of the molecule is CCNC(=NCC(C)(C)NS(C)(=O)=O)NCCCCSC. The molecule has 3 N–H and O–H groups in total. The maximum atomic E-state index is 11.3. The maximum Gasteiger partial charge on any atom is 0.209 e. The third kappa shape index (κ3) is 12.9. The number of aliphatic imine (C=N–C) groups is 1. The molecule has 0 radical (unpaired) electrons. The van der Waals surface area contributed by atoms with Crippen molar-refractivity contribution in [3.63, 3.8) is 0 Å². The van der Waals surface area contributed by atoms with Gasteiger partial charge in [0.2, 0.25) is 10.0 Å². The van der Waals surface area contributed by atoms with Gasteiger partial charge in [-0.1, -0.05) is 0 Å². The van der Waals surface area contributed by atoms with Crippen LogP contribution < -0.4 is 15.4 Å². The van der Waals surface area contributed by atoms with Gasteiger partial charge in [-0.25, -0.2) is 13.1 Å². The molecule has 0 atom stereocenters. The summed E-state index contributed by atoms with van der Waals surface area (Å²) in [6, 6.07) is 0. The lowest BCUT2D eigenvalue weighted by molar-refractivity contribution is 0.464. The second-order valence-electron chi connectivity index (χ2n) is 5.58. The molecule has 126 valence electrons. The summed E-state index contributed by atoms with van der Waals surface area (Å²) in [5, 5.41) is 6.43. The molecular weight excluding hydrogens is 308 g/mol. The summed E-state index contributed by atoms with van der Waals surface area (Å²) >= 11 is 1.85. The number of hydrogen-bond acceptors (Lipinski definition) is 4. The molecular formula is C13H30N4O2S2. The van der Waals surface area contributed by atoms with Crippen molar-refractivity contribution in [2.24, 2.45) is 4.99 Å². The van der Waals surface area contributed by atoms with Gasteiger partial charge >= 0.3 is 0 Å². The predicted molar refractivity (Wildman–Crippen MR) is 93.7 cm³/mol. The van der Waals surface area contributed by atoms with Crippen molar-refractivity contribution >= 4 is 27.7 Å². The number of sulfonamides is 1. The highest BCUT2D eigenvalue weighted by Crippen LogP contribution is 2.04. The van der Waals surface area contributed by atoms with Crippen LogP contribution in [0.5, 0.6) is 0 Å². The number of guanidine groups is 1. The Balaban J connectivity index is 4.37. The summed E-state index contributed by atoms with van der Waals surface area (Å²) in [5.41, 5.74) is -0.602. The van der Waals surface area contributed by atoms with E-state index in [2.05, 4.69) is 26.6 Å². The van der Waals surface area contributed by atoms with Gasteiger partial charge in [-0.15, -0.1) is 0 Å². The number of nitrogens with one attached hydrogen (secondary N) is 3. The third-order valence-corrected chi connectivity index (χ3v) is 4.13. The van der Waals surface area contributed by atoms with E-state index in [0.29, 0.717) is 6.54 Å². The molecule has 0 spiro atoms. The Morgan fingerprint density at radius 3 is 2.43 bits per heavy atom. The number of rotatable bonds is 10. The topological polar surface area (TPSA) is 82.6 Å². The molecule has 6 nitrogen and oxygen atoms in total. The highest BCUT2D eigenvalue weighted by molar-refractivity contribution is 7.98. The van der Waals surface area contributed by atoms with Crippen molar-refractivity contribution in [1.29, 1.82) is 0 Å². The van der Waals surface area contributed by atoms with Crippen LogP contribution in [-0.4, -0.2) is 57.8 Å². The van der Waals surface area contributed by atoms with Gasteiger partial charge in [0.1, 0.15) is 0 Å². The number of unbranched alkanes of at least 4 members (excludes halogenated alkanes) is 1. The van der Waals surface area contributed by atoms with Gasteiger partial charge in [0, 0.05) is 18.6 Å². The molecule has 0 amide bonds. The monoisotopic (exact) mass is 338 g/mol. The lowest BCUT2D eigenvalue weighted by Crippen LogP contribution is -2.46. The van der Waals surface area contributed by atoms with Crippen LogP contribution in [0, 0.1) is 0 Å². The van der Waals surface area contributed by atoms with Gasteiger partial charge in [-0.05, 0) is 45.6 Å². The van der Waals surface area contributed by atoms with Gasteiger partial charge in [0.25, 0.3) is 0 Å². The molecule has 0 heterocycles. The minimum Gasteiger partial charge on any atom is -0.357 e. The zero-order valence-electron chi connectivity index (χ0n) is 13.8. The molecule has 0 aromatic carbocycles. The zero-order chi connectivity index (χ0) is 16.4. The van der Waals surface area contributed by atoms with Gasteiger partial charge in [0.05, 0.1) is 12.8 Å². The van der Waals surface area contributed by atoms with E-state index in [9.17, 15) is 8.42 Å². The van der Waals surface area contributed by atoms with Crippen LogP contribution in [0.15, 0.2) is 4.99 Å². The standard InChI is InChI=1S/C13H30N4O2S2/c1-6-14-12(15-9-7-8-10-20-4)16-11-13(2,3)17-21(5,18)19/h17H,6-11H2,1-5H3,(H2,14,15,16). The molecule has 0 aliphatic carbocycles. The Labute approximate surface area is 134 Å². The molecule has 0 bridgehead atoms. The van der Waals surface area contributed by atoms with E-state index in [4.69, 9.17) is 0 Å². The van der Waals surface area contributed by atoms with Crippen molar-refractivity contribution in [2.45, 2.75) is 39.2 Å². The molecule has 0 aliphatic rings. The van der Waals surface area contributed by atoms with E-state index in [-0.39, 0.29) is 0 Å². The molecule has 0 aromatic rings. The molecule has 0 saturated carbocycles. The van der Waals surface area contributed by atoms with E-state index >= 15 is 0 Å². The summed E-state index contributed by atoms with van der Waals surface area (Å²) in [5.74, 6) is 1.89. The summed E-state index contributed by atoms with van der Waals surface area (Å²) < 4.78 is 25.2. The Morgan fingerprint density at radius 1 is 1.24 bits per heavy atom. The highest BCUT2D eigenvalue weighted by Gasteiger charge is 2.21. The van der Waals surface area contributed by atoms with Crippen LogP contribution in [-0.2, 0) is 10.0 Å². The van der Waals surface area contributed by atoms with Crippen molar-refractivity contribution in [1.82, 2.24) is 15.4 Å². The number of nitrogens with zero attached hydrogens (tertiary/aromatic N) is 1. The number of thioether (sulfide) groups is 1. The Kier molecular flexibility index (Phi) is 10.1. The van der Waals surface area contributed by atoms with Crippen molar-refractivity contribution in [2.75, 3.05) is 37.9 Å².